The summed E-state index contributed by atoms with van der Waals surface area (Å²) in [4.78, 5) is 24.2. The van der Waals surface area contributed by atoms with E-state index in [0.29, 0.717) is 24.9 Å². The van der Waals surface area contributed by atoms with E-state index in [1.165, 1.54) is 0 Å². The molecular formula is C20H30O4. The number of esters is 1. The summed E-state index contributed by atoms with van der Waals surface area (Å²) in [6.45, 7) is 10.7. The zero-order valence-corrected chi connectivity index (χ0v) is 15.5. The van der Waals surface area contributed by atoms with Gasteiger partial charge in [0.1, 0.15) is 0 Å². The van der Waals surface area contributed by atoms with Crippen molar-refractivity contribution in [1.29, 1.82) is 0 Å². The number of rotatable bonds is 9. The van der Waals surface area contributed by atoms with Crippen LogP contribution in [0.5, 0.6) is 0 Å². The van der Waals surface area contributed by atoms with Crippen molar-refractivity contribution in [3.05, 3.63) is 34.4 Å². The molecule has 0 aliphatic heterocycles. The molecule has 0 amide bonds. The third-order valence-corrected chi connectivity index (χ3v) is 3.82. The maximum atomic E-state index is 12.6. The van der Waals surface area contributed by atoms with Gasteiger partial charge in [0.15, 0.2) is 0 Å². The van der Waals surface area contributed by atoms with E-state index < -0.39 is 11.9 Å². The third kappa shape index (κ3) is 5.66. The Kier molecular flexibility index (Phi) is 7.96. The van der Waals surface area contributed by atoms with Crippen LogP contribution in [0.15, 0.2) is 12.1 Å². The topological polar surface area (TPSA) is 63.6 Å². The number of carbonyl (C=O) groups is 2. The number of benzene rings is 1. The first-order valence-corrected chi connectivity index (χ1v) is 8.83. The fraction of sp³-hybridized carbons (Fsp3) is 0.600. The number of unbranched alkanes of at least 4 members (excludes halogenated alkanes) is 1. The van der Waals surface area contributed by atoms with E-state index in [1.807, 2.05) is 13.0 Å². The number of carboxylic acid groups (broad SMARTS) is 1. The summed E-state index contributed by atoms with van der Waals surface area (Å²) in [5.74, 6) is -0.849. The molecule has 0 spiro atoms. The largest absolute Gasteiger partial charge is 0.478 e. The summed E-state index contributed by atoms with van der Waals surface area (Å²) in [6.07, 6.45) is 3.18. The second kappa shape index (κ2) is 9.45. The first-order chi connectivity index (χ1) is 11.3. The van der Waals surface area contributed by atoms with Crippen LogP contribution in [0, 0.1) is 11.8 Å². The lowest BCUT2D eigenvalue weighted by Gasteiger charge is -2.19. The monoisotopic (exact) mass is 334 g/mol. The van der Waals surface area contributed by atoms with Crippen molar-refractivity contribution in [1.82, 2.24) is 0 Å². The third-order valence-electron chi connectivity index (χ3n) is 3.82. The Bertz CT molecular complexity index is 573. The molecule has 4 heteroatoms. The van der Waals surface area contributed by atoms with Gasteiger partial charge < -0.3 is 9.84 Å². The van der Waals surface area contributed by atoms with Crippen LogP contribution in [0.4, 0.5) is 0 Å². The van der Waals surface area contributed by atoms with Crippen molar-refractivity contribution in [3.8, 4) is 0 Å². The highest BCUT2D eigenvalue weighted by molar-refractivity contribution is 6.03. The predicted molar refractivity (Wildman–Crippen MR) is 95.7 cm³/mol. The van der Waals surface area contributed by atoms with Gasteiger partial charge in [0, 0.05) is 0 Å². The molecule has 134 valence electrons. The van der Waals surface area contributed by atoms with Gasteiger partial charge in [-0.15, -0.1) is 0 Å². The molecule has 1 rings (SSSR count). The number of carbonyl (C=O) groups excluding carboxylic acids is 1. The summed E-state index contributed by atoms with van der Waals surface area (Å²) >= 11 is 0. The minimum atomic E-state index is -1.08. The van der Waals surface area contributed by atoms with E-state index in [2.05, 4.69) is 27.7 Å². The van der Waals surface area contributed by atoms with Crippen molar-refractivity contribution in [2.45, 2.75) is 60.3 Å². The summed E-state index contributed by atoms with van der Waals surface area (Å²) < 4.78 is 5.34. The minimum absolute atomic E-state index is 0.0413. The predicted octanol–water partition coefficient (Wildman–Crippen LogP) is 4.74. The number of hydrogen-bond acceptors (Lipinski definition) is 3. The van der Waals surface area contributed by atoms with Gasteiger partial charge in [-0.1, -0.05) is 47.1 Å². The molecule has 0 aromatic heterocycles. The molecule has 24 heavy (non-hydrogen) atoms. The van der Waals surface area contributed by atoms with Crippen LogP contribution in [0.2, 0.25) is 0 Å². The Hall–Kier alpha value is -1.84. The molecule has 0 fully saturated rings. The SMILES string of the molecule is CCCCOC(=O)c1c(C(=O)O)ccc(CC(C)C)c1CC(C)C. The molecule has 0 atom stereocenters. The average Bonchev–Trinajstić information content (AvgIpc) is 2.47. The summed E-state index contributed by atoms with van der Waals surface area (Å²) in [5, 5.41) is 9.51. The highest BCUT2D eigenvalue weighted by atomic mass is 16.5. The van der Waals surface area contributed by atoms with E-state index in [0.717, 1.165) is 30.4 Å². The molecule has 1 N–H and O–H groups in total. The van der Waals surface area contributed by atoms with Crippen molar-refractivity contribution < 1.29 is 19.4 Å². The van der Waals surface area contributed by atoms with Crippen LogP contribution >= 0.6 is 0 Å². The van der Waals surface area contributed by atoms with E-state index in [4.69, 9.17) is 4.74 Å². The van der Waals surface area contributed by atoms with Crippen LogP contribution in [0.3, 0.4) is 0 Å². The Morgan fingerprint density at radius 1 is 1.08 bits per heavy atom. The average molecular weight is 334 g/mol. The van der Waals surface area contributed by atoms with Gasteiger partial charge in [-0.05, 0) is 48.3 Å². The van der Waals surface area contributed by atoms with Gasteiger partial charge in [0.25, 0.3) is 0 Å². The zero-order chi connectivity index (χ0) is 18.3. The van der Waals surface area contributed by atoms with Crippen LogP contribution in [0.25, 0.3) is 0 Å². The molecule has 0 aliphatic rings. The minimum Gasteiger partial charge on any atom is -0.478 e. The molecule has 0 heterocycles. The molecule has 0 bridgehead atoms. The first-order valence-electron chi connectivity index (χ1n) is 8.83. The van der Waals surface area contributed by atoms with E-state index in [1.54, 1.807) is 6.07 Å². The molecular weight excluding hydrogens is 304 g/mol. The quantitative estimate of drug-likeness (QED) is 0.523. The summed E-state index contributed by atoms with van der Waals surface area (Å²) in [6, 6.07) is 3.39. The Morgan fingerprint density at radius 3 is 2.21 bits per heavy atom. The summed E-state index contributed by atoms with van der Waals surface area (Å²) in [7, 11) is 0. The lowest BCUT2D eigenvalue weighted by Crippen LogP contribution is -2.18. The van der Waals surface area contributed by atoms with Crippen molar-refractivity contribution in [2.75, 3.05) is 6.61 Å². The molecule has 0 aliphatic carbocycles. The number of hydrogen-bond donors (Lipinski definition) is 1. The van der Waals surface area contributed by atoms with E-state index >= 15 is 0 Å². The molecule has 0 saturated carbocycles. The maximum absolute atomic E-state index is 12.6. The van der Waals surface area contributed by atoms with Gasteiger partial charge in [-0.2, -0.15) is 0 Å². The summed E-state index contributed by atoms with van der Waals surface area (Å²) in [5.41, 5.74) is 2.16. The van der Waals surface area contributed by atoms with Gasteiger partial charge in [-0.3, -0.25) is 0 Å². The smallest absolute Gasteiger partial charge is 0.339 e. The molecule has 4 nitrogen and oxygen atoms in total. The van der Waals surface area contributed by atoms with Gasteiger partial charge in [0.05, 0.1) is 17.7 Å². The standard InChI is InChI=1S/C20H30O4/c1-6-7-10-24-20(23)18-16(19(21)22)9-8-15(11-13(2)3)17(18)12-14(4)5/h8-9,13-14H,6-7,10-12H2,1-5H3,(H,21,22). The van der Waals surface area contributed by atoms with E-state index in [-0.39, 0.29) is 11.1 Å². The zero-order valence-electron chi connectivity index (χ0n) is 15.5. The molecule has 1 aromatic carbocycles. The Balaban J connectivity index is 3.40. The normalized spacial score (nSPS) is 11.1. The molecule has 1 aromatic rings. The van der Waals surface area contributed by atoms with Crippen LogP contribution in [-0.4, -0.2) is 23.7 Å². The number of carboxylic acids is 1. The Morgan fingerprint density at radius 2 is 1.71 bits per heavy atom. The lowest BCUT2D eigenvalue weighted by atomic mass is 9.87. The maximum Gasteiger partial charge on any atom is 0.339 e. The number of aromatic carboxylic acids is 1. The van der Waals surface area contributed by atoms with Crippen LogP contribution < -0.4 is 0 Å². The van der Waals surface area contributed by atoms with Crippen molar-refractivity contribution in [3.63, 3.8) is 0 Å². The fourth-order valence-electron chi connectivity index (χ4n) is 2.76. The van der Waals surface area contributed by atoms with Crippen molar-refractivity contribution in [2.24, 2.45) is 11.8 Å². The van der Waals surface area contributed by atoms with Crippen molar-refractivity contribution >= 4 is 11.9 Å². The second-order valence-electron chi connectivity index (χ2n) is 7.12. The molecule has 0 saturated heterocycles. The highest BCUT2D eigenvalue weighted by Crippen LogP contribution is 2.26. The lowest BCUT2D eigenvalue weighted by molar-refractivity contribution is 0.0487. The first kappa shape index (κ1) is 20.2. The highest BCUT2D eigenvalue weighted by Gasteiger charge is 2.25. The van der Waals surface area contributed by atoms with E-state index in [9.17, 15) is 14.7 Å². The van der Waals surface area contributed by atoms with Gasteiger partial charge in [-0.25, -0.2) is 9.59 Å². The molecule has 0 unspecified atom stereocenters. The van der Waals surface area contributed by atoms with Crippen LogP contribution in [-0.2, 0) is 17.6 Å². The second-order valence-corrected chi connectivity index (χ2v) is 7.12. The number of ether oxygens (including phenoxy) is 1. The van der Waals surface area contributed by atoms with Gasteiger partial charge in [0.2, 0.25) is 0 Å². The molecule has 0 radical (unpaired) electrons. The van der Waals surface area contributed by atoms with Gasteiger partial charge >= 0.3 is 11.9 Å². The van der Waals surface area contributed by atoms with Crippen LogP contribution in [0.1, 0.15) is 79.3 Å². The fourth-order valence-corrected chi connectivity index (χ4v) is 2.76. The Labute approximate surface area is 145 Å².